The summed E-state index contributed by atoms with van der Waals surface area (Å²) >= 11 is 5.94. The van der Waals surface area contributed by atoms with Crippen LogP contribution in [0.3, 0.4) is 0 Å². The van der Waals surface area contributed by atoms with Crippen LogP contribution in [0.25, 0.3) is 0 Å². The number of amides is 1. The molecule has 3 nitrogen and oxygen atoms in total. The first-order valence-corrected chi connectivity index (χ1v) is 10.4. The van der Waals surface area contributed by atoms with Gasteiger partial charge in [-0.2, -0.15) is 0 Å². The van der Waals surface area contributed by atoms with Crippen molar-refractivity contribution in [2.45, 2.75) is 32.4 Å². The zero-order valence-electron chi connectivity index (χ0n) is 16.4. The molecule has 3 aromatic carbocycles. The number of carbonyl (C=O) groups is 1. The van der Waals surface area contributed by atoms with Crippen LogP contribution in [0.5, 0.6) is 11.5 Å². The Kier molecular flexibility index (Phi) is 5.86. The fraction of sp³-hybridized carbons (Fsp3) is 0.240. The van der Waals surface area contributed by atoms with Crippen molar-refractivity contribution < 1.29 is 9.53 Å². The summed E-state index contributed by atoms with van der Waals surface area (Å²) in [6, 6.07) is 25.4. The lowest BCUT2D eigenvalue weighted by atomic mass is 10.0. The second-order valence-corrected chi connectivity index (χ2v) is 7.97. The fourth-order valence-electron chi connectivity index (χ4n) is 3.42. The van der Waals surface area contributed by atoms with E-state index in [0.29, 0.717) is 11.6 Å². The molecule has 0 N–H and O–H groups in total. The maximum atomic E-state index is 13.0. The Labute approximate surface area is 176 Å². The maximum absolute atomic E-state index is 13.0. The number of rotatable bonds is 7. The monoisotopic (exact) mass is 405 g/mol. The van der Waals surface area contributed by atoms with Gasteiger partial charge in [0, 0.05) is 17.5 Å². The van der Waals surface area contributed by atoms with E-state index in [1.807, 2.05) is 59.5 Å². The molecule has 3 aromatic rings. The predicted molar refractivity (Wildman–Crippen MR) is 116 cm³/mol. The molecule has 1 saturated carbocycles. The molecule has 1 aliphatic carbocycles. The SMILES string of the molecule is CC(c1ccccc1)N(Cc1cccc(Oc2ccc(Cl)cc2)c1)C(=O)C1CC1. The van der Waals surface area contributed by atoms with Gasteiger partial charge in [0.15, 0.2) is 0 Å². The zero-order chi connectivity index (χ0) is 20.2. The first kappa shape index (κ1) is 19.5. The molecular formula is C25H24ClNO2. The van der Waals surface area contributed by atoms with Crippen LogP contribution in [-0.2, 0) is 11.3 Å². The van der Waals surface area contributed by atoms with Gasteiger partial charge in [0.1, 0.15) is 11.5 Å². The lowest BCUT2D eigenvalue weighted by Gasteiger charge is -2.30. The molecule has 4 rings (SSSR count). The van der Waals surface area contributed by atoms with E-state index in [-0.39, 0.29) is 17.9 Å². The van der Waals surface area contributed by atoms with Crippen molar-refractivity contribution in [2.24, 2.45) is 5.92 Å². The second kappa shape index (κ2) is 8.71. The van der Waals surface area contributed by atoms with Crippen molar-refractivity contribution >= 4 is 17.5 Å². The molecule has 0 bridgehead atoms. The number of ether oxygens (including phenoxy) is 1. The summed E-state index contributed by atoms with van der Waals surface area (Å²) in [7, 11) is 0. The largest absolute Gasteiger partial charge is 0.457 e. The van der Waals surface area contributed by atoms with Crippen LogP contribution in [0.4, 0.5) is 0 Å². The quantitative estimate of drug-likeness (QED) is 0.441. The lowest BCUT2D eigenvalue weighted by Crippen LogP contribution is -2.34. The third kappa shape index (κ3) is 4.99. The van der Waals surface area contributed by atoms with Gasteiger partial charge in [0.2, 0.25) is 5.91 Å². The van der Waals surface area contributed by atoms with Crippen molar-refractivity contribution in [2.75, 3.05) is 0 Å². The molecule has 0 saturated heterocycles. The Morgan fingerprint density at radius 3 is 2.41 bits per heavy atom. The molecule has 1 aliphatic rings. The normalized spacial score (nSPS) is 14.3. The number of carbonyl (C=O) groups excluding carboxylic acids is 1. The highest BCUT2D eigenvalue weighted by atomic mass is 35.5. The summed E-state index contributed by atoms with van der Waals surface area (Å²) in [5, 5.41) is 0.676. The highest BCUT2D eigenvalue weighted by Gasteiger charge is 2.35. The first-order valence-electron chi connectivity index (χ1n) is 9.98. The molecular weight excluding hydrogens is 382 g/mol. The summed E-state index contributed by atoms with van der Waals surface area (Å²) in [5.74, 6) is 1.89. The van der Waals surface area contributed by atoms with E-state index in [9.17, 15) is 4.79 Å². The fourth-order valence-corrected chi connectivity index (χ4v) is 3.55. The number of halogens is 1. The second-order valence-electron chi connectivity index (χ2n) is 7.53. The Morgan fingerprint density at radius 2 is 1.72 bits per heavy atom. The average molecular weight is 406 g/mol. The van der Waals surface area contributed by atoms with Gasteiger partial charge in [-0.15, -0.1) is 0 Å². The summed E-state index contributed by atoms with van der Waals surface area (Å²) in [5.41, 5.74) is 2.20. The van der Waals surface area contributed by atoms with E-state index in [1.165, 1.54) is 0 Å². The number of nitrogens with zero attached hydrogens (tertiary/aromatic N) is 1. The van der Waals surface area contributed by atoms with E-state index in [0.717, 1.165) is 35.5 Å². The van der Waals surface area contributed by atoms with E-state index < -0.39 is 0 Å². The topological polar surface area (TPSA) is 29.5 Å². The van der Waals surface area contributed by atoms with Crippen LogP contribution < -0.4 is 4.74 Å². The molecule has 4 heteroatoms. The van der Waals surface area contributed by atoms with E-state index >= 15 is 0 Å². The van der Waals surface area contributed by atoms with Gasteiger partial charge in [-0.05, 0) is 67.3 Å². The Hall–Kier alpha value is -2.78. The van der Waals surface area contributed by atoms with Gasteiger partial charge in [-0.25, -0.2) is 0 Å². The summed E-state index contributed by atoms with van der Waals surface area (Å²) in [6.45, 7) is 2.66. The minimum atomic E-state index is 0.0186. The number of benzene rings is 3. The Balaban J connectivity index is 1.54. The molecule has 29 heavy (non-hydrogen) atoms. The highest BCUT2D eigenvalue weighted by Crippen LogP contribution is 2.35. The smallest absolute Gasteiger partial charge is 0.226 e. The third-order valence-corrected chi connectivity index (χ3v) is 5.51. The molecule has 0 spiro atoms. The third-order valence-electron chi connectivity index (χ3n) is 5.26. The molecule has 1 unspecified atom stereocenters. The van der Waals surface area contributed by atoms with Crippen LogP contribution in [-0.4, -0.2) is 10.8 Å². The van der Waals surface area contributed by atoms with Gasteiger partial charge < -0.3 is 9.64 Å². The van der Waals surface area contributed by atoms with Crippen molar-refractivity contribution in [3.05, 3.63) is 95.0 Å². The van der Waals surface area contributed by atoms with E-state index in [2.05, 4.69) is 19.1 Å². The molecule has 0 heterocycles. The Bertz CT molecular complexity index is 968. The van der Waals surface area contributed by atoms with E-state index in [1.54, 1.807) is 12.1 Å². The summed E-state index contributed by atoms with van der Waals surface area (Å²) in [4.78, 5) is 15.0. The molecule has 0 radical (unpaired) electrons. The molecule has 1 amide bonds. The predicted octanol–water partition coefficient (Wildman–Crippen LogP) is 6.63. The van der Waals surface area contributed by atoms with Gasteiger partial charge in [-0.1, -0.05) is 54.1 Å². The van der Waals surface area contributed by atoms with Gasteiger partial charge >= 0.3 is 0 Å². The highest BCUT2D eigenvalue weighted by molar-refractivity contribution is 6.30. The zero-order valence-corrected chi connectivity index (χ0v) is 17.2. The van der Waals surface area contributed by atoms with Gasteiger partial charge in [0.25, 0.3) is 0 Å². The van der Waals surface area contributed by atoms with Crippen molar-refractivity contribution in [1.82, 2.24) is 4.90 Å². The number of hydrogen-bond donors (Lipinski definition) is 0. The van der Waals surface area contributed by atoms with Crippen molar-refractivity contribution in [3.63, 3.8) is 0 Å². The Morgan fingerprint density at radius 1 is 1.00 bits per heavy atom. The van der Waals surface area contributed by atoms with Crippen LogP contribution in [0.2, 0.25) is 5.02 Å². The summed E-state index contributed by atoms with van der Waals surface area (Å²) < 4.78 is 5.96. The minimum Gasteiger partial charge on any atom is -0.457 e. The van der Waals surface area contributed by atoms with Gasteiger partial charge in [-0.3, -0.25) is 4.79 Å². The van der Waals surface area contributed by atoms with Gasteiger partial charge in [0.05, 0.1) is 6.04 Å². The minimum absolute atomic E-state index is 0.0186. The standard InChI is InChI=1S/C25H24ClNO2/c1-18(20-7-3-2-4-8-20)27(25(28)21-10-11-21)17-19-6-5-9-24(16-19)29-23-14-12-22(26)13-15-23/h2-9,12-16,18,21H,10-11,17H2,1H3. The van der Waals surface area contributed by atoms with Crippen molar-refractivity contribution in [1.29, 1.82) is 0 Å². The maximum Gasteiger partial charge on any atom is 0.226 e. The van der Waals surface area contributed by atoms with Crippen LogP contribution >= 0.6 is 11.6 Å². The molecule has 1 atom stereocenters. The van der Waals surface area contributed by atoms with Crippen LogP contribution in [0.15, 0.2) is 78.9 Å². The summed E-state index contributed by atoms with van der Waals surface area (Å²) in [6.07, 6.45) is 1.99. The molecule has 0 aliphatic heterocycles. The molecule has 148 valence electrons. The number of hydrogen-bond acceptors (Lipinski definition) is 2. The molecule has 1 fully saturated rings. The van der Waals surface area contributed by atoms with Crippen LogP contribution in [0.1, 0.15) is 36.9 Å². The van der Waals surface area contributed by atoms with Crippen molar-refractivity contribution in [3.8, 4) is 11.5 Å². The van der Waals surface area contributed by atoms with Crippen LogP contribution in [0, 0.1) is 5.92 Å². The molecule has 0 aromatic heterocycles. The average Bonchev–Trinajstić information content (AvgIpc) is 3.59. The first-order chi connectivity index (χ1) is 14.1. The van der Waals surface area contributed by atoms with E-state index in [4.69, 9.17) is 16.3 Å². The lowest BCUT2D eigenvalue weighted by molar-refractivity contribution is -0.135.